The van der Waals surface area contributed by atoms with Crippen LogP contribution in [-0.2, 0) is 10.2 Å². The molecule has 23 heavy (non-hydrogen) atoms. The molecule has 1 aromatic rings. The van der Waals surface area contributed by atoms with E-state index >= 15 is 0 Å². The topological polar surface area (TPSA) is 54.4 Å². The molecular formula is C18H22F2O3. The molecule has 0 saturated heterocycles. The first-order chi connectivity index (χ1) is 10.8. The number of Topliss-reactive ketones (excluding diaryl/α,β-unsaturated/α-hetero) is 1. The van der Waals surface area contributed by atoms with E-state index in [1.165, 1.54) is 13.0 Å². The molecule has 5 heteroatoms. The summed E-state index contributed by atoms with van der Waals surface area (Å²) in [4.78, 5) is 23.8. The number of halogens is 2. The van der Waals surface area contributed by atoms with Gasteiger partial charge in [0.05, 0.1) is 5.41 Å². The number of hydrogen-bond acceptors (Lipinski definition) is 2. The van der Waals surface area contributed by atoms with E-state index < -0.39 is 28.8 Å². The number of carboxylic acids is 1. The number of rotatable bonds is 5. The van der Waals surface area contributed by atoms with Crippen molar-refractivity contribution in [3.63, 3.8) is 0 Å². The lowest BCUT2D eigenvalue weighted by Crippen LogP contribution is -2.42. The fourth-order valence-corrected chi connectivity index (χ4v) is 3.75. The molecule has 1 N–H and O–H groups in total. The van der Waals surface area contributed by atoms with Crippen molar-refractivity contribution in [1.82, 2.24) is 0 Å². The molecule has 1 saturated carbocycles. The van der Waals surface area contributed by atoms with E-state index in [0.717, 1.165) is 18.9 Å². The fraction of sp³-hybridized carbons (Fsp3) is 0.556. The van der Waals surface area contributed by atoms with Crippen LogP contribution in [0.5, 0.6) is 0 Å². The molecule has 1 aromatic carbocycles. The average molecular weight is 324 g/mol. The van der Waals surface area contributed by atoms with Gasteiger partial charge in [0.1, 0.15) is 0 Å². The van der Waals surface area contributed by atoms with Crippen molar-refractivity contribution < 1.29 is 23.5 Å². The van der Waals surface area contributed by atoms with Gasteiger partial charge in [0, 0.05) is 11.1 Å². The summed E-state index contributed by atoms with van der Waals surface area (Å²) in [6.45, 7) is 3.31. The molecule has 0 bridgehead atoms. The van der Waals surface area contributed by atoms with E-state index in [1.54, 1.807) is 0 Å². The predicted octanol–water partition coefficient (Wildman–Crippen LogP) is 4.48. The van der Waals surface area contributed by atoms with E-state index in [9.17, 15) is 23.5 Å². The molecule has 0 atom stereocenters. The Balaban J connectivity index is 2.54. The molecule has 2 rings (SSSR count). The van der Waals surface area contributed by atoms with Gasteiger partial charge in [0.15, 0.2) is 17.4 Å². The van der Waals surface area contributed by atoms with Gasteiger partial charge in [-0.25, -0.2) is 8.78 Å². The summed E-state index contributed by atoms with van der Waals surface area (Å²) in [7, 11) is 0. The summed E-state index contributed by atoms with van der Waals surface area (Å²) >= 11 is 0. The average Bonchev–Trinajstić information content (AvgIpc) is 2.50. The zero-order valence-corrected chi connectivity index (χ0v) is 13.5. The van der Waals surface area contributed by atoms with Crippen LogP contribution in [0.2, 0.25) is 0 Å². The Morgan fingerprint density at radius 1 is 1.26 bits per heavy atom. The van der Waals surface area contributed by atoms with Crippen molar-refractivity contribution >= 4 is 11.8 Å². The molecule has 0 radical (unpaired) electrons. The first kappa shape index (κ1) is 17.6. The lowest BCUT2D eigenvalue weighted by atomic mass is 9.64. The van der Waals surface area contributed by atoms with E-state index in [4.69, 9.17) is 0 Å². The number of carboxylic acid groups (broad SMARTS) is 1. The number of hydrogen-bond donors (Lipinski definition) is 1. The Hall–Kier alpha value is -1.78. The van der Waals surface area contributed by atoms with Gasteiger partial charge < -0.3 is 5.11 Å². The maximum Gasteiger partial charge on any atom is 0.314 e. The van der Waals surface area contributed by atoms with Crippen LogP contribution in [0, 0.1) is 17.6 Å². The van der Waals surface area contributed by atoms with Gasteiger partial charge in [-0.2, -0.15) is 0 Å². The summed E-state index contributed by atoms with van der Waals surface area (Å²) in [5.41, 5.74) is -1.81. The van der Waals surface area contributed by atoms with Crippen molar-refractivity contribution in [2.45, 2.75) is 57.8 Å². The van der Waals surface area contributed by atoms with Gasteiger partial charge in [0.25, 0.3) is 0 Å². The first-order valence-corrected chi connectivity index (χ1v) is 8.06. The largest absolute Gasteiger partial charge is 0.481 e. The number of ketones is 1. The summed E-state index contributed by atoms with van der Waals surface area (Å²) in [5, 5.41) is 9.78. The monoisotopic (exact) mass is 324 g/mol. The summed E-state index contributed by atoms with van der Waals surface area (Å²) in [5.74, 6) is -3.53. The standard InChI is InChI=1S/C18H22F2O3/c1-3-4-12-7-9-18(10-8-12,17(22)23)15-13(11(2)21)5-6-14(19)16(15)20/h5-6,12H,3-4,7-10H2,1-2H3,(H,22,23). The molecule has 1 aliphatic carbocycles. The highest BCUT2D eigenvalue weighted by molar-refractivity contribution is 5.98. The first-order valence-electron chi connectivity index (χ1n) is 8.06. The minimum Gasteiger partial charge on any atom is -0.481 e. The van der Waals surface area contributed by atoms with Crippen molar-refractivity contribution in [3.8, 4) is 0 Å². The number of carbonyl (C=O) groups is 2. The molecule has 126 valence electrons. The van der Waals surface area contributed by atoms with E-state index in [-0.39, 0.29) is 24.0 Å². The van der Waals surface area contributed by atoms with E-state index in [1.807, 2.05) is 0 Å². The lowest BCUT2D eigenvalue weighted by Gasteiger charge is -2.38. The highest BCUT2D eigenvalue weighted by Gasteiger charge is 2.47. The molecule has 0 heterocycles. The van der Waals surface area contributed by atoms with Gasteiger partial charge in [0.2, 0.25) is 0 Å². The SMILES string of the molecule is CCCC1CCC(C(=O)O)(c2c(C(C)=O)ccc(F)c2F)CC1. The fourth-order valence-electron chi connectivity index (χ4n) is 3.75. The Morgan fingerprint density at radius 3 is 2.35 bits per heavy atom. The highest BCUT2D eigenvalue weighted by atomic mass is 19.2. The zero-order chi connectivity index (χ0) is 17.2. The summed E-state index contributed by atoms with van der Waals surface area (Å²) < 4.78 is 28.2. The molecule has 1 aliphatic rings. The normalized spacial score (nSPS) is 24.4. The summed E-state index contributed by atoms with van der Waals surface area (Å²) in [6.07, 6.45) is 3.76. The van der Waals surface area contributed by atoms with E-state index in [2.05, 4.69) is 6.92 Å². The minimum atomic E-state index is -1.52. The quantitative estimate of drug-likeness (QED) is 0.813. The smallest absolute Gasteiger partial charge is 0.314 e. The van der Waals surface area contributed by atoms with Crippen LogP contribution in [0.4, 0.5) is 8.78 Å². The Labute approximate surface area is 134 Å². The summed E-state index contributed by atoms with van der Waals surface area (Å²) in [6, 6.07) is 2.08. The molecule has 0 amide bonds. The maximum atomic E-state index is 14.5. The third-order valence-corrected chi connectivity index (χ3v) is 5.02. The Kier molecular flexibility index (Phi) is 5.17. The molecule has 1 fully saturated rings. The minimum absolute atomic E-state index is 0.0276. The van der Waals surface area contributed by atoms with Gasteiger partial charge in [-0.05, 0) is 50.7 Å². The van der Waals surface area contributed by atoms with Crippen LogP contribution >= 0.6 is 0 Å². The van der Waals surface area contributed by atoms with E-state index in [0.29, 0.717) is 18.8 Å². The Bertz CT molecular complexity index is 617. The second-order valence-corrected chi connectivity index (χ2v) is 6.46. The van der Waals surface area contributed by atoms with Crippen LogP contribution in [0.1, 0.15) is 68.3 Å². The van der Waals surface area contributed by atoms with Crippen molar-refractivity contribution in [3.05, 3.63) is 34.9 Å². The second-order valence-electron chi connectivity index (χ2n) is 6.46. The van der Waals surface area contributed by atoms with Crippen LogP contribution in [0.15, 0.2) is 12.1 Å². The van der Waals surface area contributed by atoms with Gasteiger partial charge in [-0.1, -0.05) is 19.8 Å². The highest BCUT2D eigenvalue weighted by Crippen LogP contribution is 2.45. The van der Waals surface area contributed by atoms with Crippen molar-refractivity contribution in [1.29, 1.82) is 0 Å². The third-order valence-electron chi connectivity index (χ3n) is 5.02. The maximum absolute atomic E-state index is 14.5. The number of aliphatic carboxylic acids is 1. The number of carbonyl (C=O) groups excluding carboxylic acids is 1. The van der Waals surface area contributed by atoms with Gasteiger partial charge in [-0.15, -0.1) is 0 Å². The molecular weight excluding hydrogens is 302 g/mol. The van der Waals surface area contributed by atoms with Crippen molar-refractivity contribution in [2.75, 3.05) is 0 Å². The number of benzene rings is 1. The third kappa shape index (κ3) is 3.14. The molecule has 0 aliphatic heterocycles. The van der Waals surface area contributed by atoms with Crippen LogP contribution in [0.25, 0.3) is 0 Å². The van der Waals surface area contributed by atoms with Crippen LogP contribution < -0.4 is 0 Å². The van der Waals surface area contributed by atoms with Crippen molar-refractivity contribution in [2.24, 2.45) is 5.92 Å². The molecule has 3 nitrogen and oxygen atoms in total. The predicted molar refractivity (Wildman–Crippen MR) is 82.5 cm³/mol. The van der Waals surface area contributed by atoms with Gasteiger partial charge >= 0.3 is 5.97 Å². The molecule has 0 unspecified atom stereocenters. The lowest BCUT2D eigenvalue weighted by molar-refractivity contribution is -0.145. The van der Waals surface area contributed by atoms with Crippen LogP contribution in [0.3, 0.4) is 0 Å². The molecule has 0 spiro atoms. The Morgan fingerprint density at radius 2 is 1.87 bits per heavy atom. The molecule has 0 aromatic heterocycles. The van der Waals surface area contributed by atoms with Gasteiger partial charge in [-0.3, -0.25) is 9.59 Å². The zero-order valence-electron chi connectivity index (χ0n) is 13.5. The van der Waals surface area contributed by atoms with Crippen LogP contribution in [-0.4, -0.2) is 16.9 Å². The second kappa shape index (κ2) is 6.77.